The van der Waals surface area contributed by atoms with Crippen molar-refractivity contribution in [1.29, 1.82) is 0 Å². The number of nitro benzene ring substituents is 1. The van der Waals surface area contributed by atoms with E-state index >= 15 is 0 Å². The first-order chi connectivity index (χ1) is 14.1. The van der Waals surface area contributed by atoms with Crippen LogP contribution in [-0.4, -0.2) is 21.8 Å². The van der Waals surface area contributed by atoms with Gasteiger partial charge in [0.1, 0.15) is 0 Å². The maximum absolute atomic E-state index is 12.5. The summed E-state index contributed by atoms with van der Waals surface area (Å²) in [4.78, 5) is 9.82. The highest BCUT2D eigenvalue weighted by Gasteiger charge is 2.19. The lowest BCUT2D eigenvalue weighted by Gasteiger charge is -2.11. The lowest BCUT2D eigenvalue weighted by atomic mass is 10.2. The Bertz CT molecular complexity index is 1300. The van der Waals surface area contributed by atoms with Crippen LogP contribution >= 0.6 is 0 Å². The molecule has 3 aromatic rings. The van der Waals surface area contributed by atoms with Gasteiger partial charge in [0.05, 0.1) is 14.7 Å². The fraction of sp³-hybridized carbons (Fsp3) is 0.0526. The van der Waals surface area contributed by atoms with Crippen molar-refractivity contribution in [3.05, 3.63) is 88.5 Å². The van der Waals surface area contributed by atoms with E-state index in [0.29, 0.717) is 5.69 Å². The Labute approximate surface area is 173 Å². The minimum atomic E-state index is -4.09. The third-order valence-electron chi connectivity index (χ3n) is 4.03. The SMILES string of the molecule is Cc1cccc(NS(=O)(=O)c2ccc(NS(=O)(=O)c3cccc([N+](=O)[O-])c3)cc2)c1. The smallest absolute Gasteiger partial charge is 0.270 e. The molecule has 30 heavy (non-hydrogen) atoms. The fourth-order valence-corrected chi connectivity index (χ4v) is 4.75. The van der Waals surface area contributed by atoms with Crippen LogP contribution < -0.4 is 9.44 Å². The summed E-state index contributed by atoms with van der Waals surface area (Å²) in [6.45, 7) is 1.83. The van der Waals surface area contributed by atoms with Crippen LogP contribution in [0.5, 0.6) is 0 Å². The molecule has 156 valence electrons. The lowest BCUT2D eigenvalue weighted by Crippen LogP contribution is -2.14. The molecular weight excluding hydrogens is 430 g/mol. The minimum Gasteiger partial charge on any atom is -0.280 e. The zero-order valence-electron chi connectivity index (χ0n) is 15.6. The Morgan fingerprint density at radius 1 is 0.733 bits per heavy atom. The van der Waals surface area contributed by atoms with Gasteiger partial charge in [-0.15, -0.1) is 0 Å². The van der Waals surface area contributed by atoms with Crippen molar-refractivity contribution in [3.8, 4) is 0 Å². The van der Waals surface area contributed by atoms with Gasteiger partial charge in [-0.3, -0.25) is 19.6 Å². The molecule has 3 rings (SSSR count). The number of sulfonamides is 2. The van der Waals surface area contributed by atoms with Gasteiger partial charge in [0.15, 0.2) is 0 Å². The Morgan fingerprint density at radius 3 is 1.97 bits per heavy atom. The molecule has 0 bridgehead atoms. The topological polar surface area (TPSA) is 135 Å². The second kappa shape index (κ2) is 8.13. The number of nitrogens with zero attached hydrogens (tertiary/aromatic N) is 1. The second-order valence-corrected chi connectivity index (χ2v) is 9.72. The predicted octanol–water partition coefficient (Wildman–Crippen LogP) is 3.50. The Balaban J connectivity index is 1.80. The maximum Gasteiger partial charge on any atom is 0.270 e. The maximum atomic E-state index is 12.5. The third-order valence-corrected chi connectivity index (χ3v) is 6.80. The number of anilines is 2. The summed E-state index contributed by atoms with van der Waals surface area (Å²) in [7, 11) is -7.95. The highest BCUT2D eigenvalue weighted by atomic mass is 32.2. The molecule has 2 N–H and O–H groups in total. The zero-order chi connectivity index (χ0) is 21.9. The molecule has 0 spiro atoms. The second-order valence-electron chi connectivity index (χ2n) is 6.36. The van der Waals surface area contributed by atoms with Crippen molar-refractivity contribution in [2.45, 2.75) is 16.7 Å². The van der Waals surface area contributed by atoms with Crippen LogP contribution in [0.1, 0.15) is 5.56 Å². The van der Waals surface area contributed by atoms with Crippen LogP contribution in [0.4, 0.5) is 17.1 Å². The molecule has 0 heterocycles. The van der Waals surface area contributed by atoms with Crippen molar-refractivity contribution in [2.24, 2.45) is 0 Å². The number of benzene rings is 3. The molecule has 0 fully saturated rings. The summed E-state index contributed by atoms with van der Waals surface area (Å²) in [6.07, 6.45) is 0. The van der Waals surface area contributed by atoms with Crippen LogP contribution in [0.25, 0.3) is 0 Å². The highest BCUT2D eigenvalue weighted by Crippen LogP contribution is 2.22. The summed E-state index contributed by atoms with van der Waals surface area (Å²) in [5.74, 6) is 0. The number of non-ortho nitro benzene ring substituents is 1. The van der Waals surface area contributed by atoms with Gasteiger partial charge in [0, 0.05) is 23.5 Å². The average Bonchev–Trinajstić information content (AvgIpc) is 2.68. The van der Waals surface area contributed by atoms with Crippen LogP contribution in [-0.2, 0) is 20.0 Å². The molecule has 0 aliphatic carbocycles. The predicted molar refractivity (Wildman–Crippen MR) is 112 cm³/mol. The van der Waals surface area contributed by atoms with Crippen molar-refractivity contribution >= 4 is 37.1 Å². The minimum absolute atomic E-state index is 0.0534. The third kappa shape index (κ3) is 4.93. The molecule has 3 aromatic carbocycles. The molecule has 0 aromatic heterocycles. The lowest BCUT2D eigenvalue weighted by molar-refractivity contribution is -0.385. The molecule has 0 aliphatic heterocycles. The summed E-state index contributed by atoms with van der Waals surface area (Å²) in [6, 6.07) is 16.5. The fourth-order valence-electron chi connectivity index (χ4n) is 2.60. The van der Waals surface area contributed by atoms with Gasteiger partial charge < -0.3 is 0 Å². The number of nitrogens with one attached hydrogen (secondary N) is 2. The normalized spacial score (nSPS) is 11.6. The first-order valence-electron chi connectivity index (χ1n) is 8.54. The largest absolute Gasteiger partial charge is 0.280 e. The van der Waals surface area contributed by atoms with Crippen molar-refractivity contribution < 1.29 is 21.8 Å². The Morgan fingerprint density at radius 2 is 1.33 bits per heavy atom. The van der Waals surface area contributed by atoms with Crippen molar-refractivity contribution in [3.63, 3.8) is 0 Å². The van der Waals surface area contributed by atoms with Gasteiger partial charge in [0.2, 0.25) is 0 Å². The van der Waals surface area contributed by atoms with E-state index in [1.807, 2.05) is 13.0 Å². The molecule has 0 aliphatic rings. The summed E-state index contributed by atoms with van der Waals surface area (Å²) < 4.78 is 54.7. The zero-order valence-corrected chi connectivity index (χ0v) is 17.3. The number of aryl methyl sites for hydroxylation is 1. The Kier molecular flexibility index (Phi) is 5.76. The van der Waals surface area contributed by atoms with Crippen molar-refractivity contribution in [2.75, 3.05) is 9.44 Å². The molecule has 0 atom stereocenters. The van der Waals surface area contributed by atoms with Gasteiger partial charge in [0.25, 0.3) is 25.7 Å². The average molecular weight is 447 g/mol. The molecule has 0 saturated heterocycles. The Hall–Kier alpha value is -3.44. The standard InChI is InChI=1S/C19H17N3O6S2/c1-14-4-2-5-16(12-14)21-29(25,26)18-10-8-15(9-11-18)20-30(27,28)19-7-3-6-17(13-19)22(23)24/h2-13,20-21H,1H3. The molecule has 0 amide bonds. The highest BCUT2D eigenvalue weighted by molar-refractivity contribution is 7.93. The molecule has 0 saturated carbocycles. The van der Waals surface area contributed by atoms with Gasteiger partial charge in [-0.1, -0.05) is 18.2 Å². The van der Waals surface area contributed by atoms with Crippen LogP contribution in [0.3, 0.4) is 0 Å². The van der Waals surface area contributed by atoms with Crippen molar-refractivity contribution in [1.82, 2.24) is 0 Å². The van der Waals surface area contributed by atoms with E-state index in [1.54, 1.807) is 18.2 Å². The first-order valence-corrected chi connectivity index (χ1v) is 11.5. The summed E-state index contributed by atoms with van der Waals surface area (Å²) in [5.41, 5.74) is 1.05. The first kappa shape index (κ1) is 21.3. The molecule has 9 nitrogen and oxygen atoms in total. The van der Waals surface area contributed by atoms with E-state index in [9.17, 15) is 26.9 Å². The summed E-state index contributed by atoms with van der Waals surface area (Å²) in [5, 5.41) is 10.8. The molecule has 0 unspecified atom stereocenters. The quantitative estimate of drug-likeness (QED) is 0.420. The van der Waals surface area contributed by atoms with Crippen LogP contribution in [0.2, 0.25) is 0 Å². The van der Waals surface area contributed by atoms with E-state index in [4.69, 9.17) is 0 Å². The van der Waals surface area contributed by atoms with Crippen LogP contribution in [0, 0.1) is 17.0 Å². The van der Waals surface area contributed by atoms with Crippen LogP contribution in [0.15, 0.2) is 82.6 Å². The van der Waals surface area contributed by atoms with E-state index in [2.05, 4.69) is 9.44 Å². The van der Waals surface area contributed by atoms with E-state index < -0.39 is 25.0 Å². The molecular formula is C19H17N3O6S2. The van der Waals surface area contributed by atoms with Gasteiger partial charge in [-0.2, -0.15) is 0 Å². The number of rotatable bonds is 7. The number of hydrogen-bond acceptors (Lipinski definition) is 6. The molecule has 0 radical (unpaired) electrons. The van der Waals surface area contributed by atoms with Gasteiger partial charge in [-0.05, 0) is 55.0 Å². The number of nitro groups is 1. The van der Waals surface area contributed by atoms with E-state index in [1.165, 1.54) is 42.5 Å². The summed E-state index contributed by atoms with van der Waals surface area (Å²) >= 11 is 0. The monoisotopic (exact) mass is 447 g/mol. The molecule has 11 heteroatoms. The van der Waals surface area contributed by atoms with Gasteiger partial charge in [-0.25, -0.2) is 16.8 Å². The van der Waals surface area contributed by atoms with E-state index in [0.717, 1.165) is 11.6 Å². The van der Waals surface area contributed by atoms with Gasteiger partial charge >= 0.3 is 0 Å². The number of hydrogen-bond donors (Lipinski definition) is 2. The van der Waals surface area contributed by atoms with E-state index in [-0.39, 0.29) is 21.2 Å².